The molecule has 24 heavy (non-hydrogen) atoms. The predicted molar refractivity (Wildman–Crippen MR) is 97.9 cm³/mol. The van der Waals surface area contributed by atoms with E-state index in [0.717, 1.165) is 38.3 Å². The van der Waals surface area contributed by atoms with Crippen molar-refractivity contribution in [1.29, 1.82) is 0 Å². The van der Waals surface area contributed by atoms with E-state index in [4.69, 9.17) is 11.6 Å². The lowest BCUT2D eigenvalue weighted by Crippen LogP contribution is -3.13. The third-order valence-electron chi connectivity index (χ3n) is 4.37. The summed E-state index contributed by atoms with van der Waals surface area (Å²) in [6, 6.07) is 18.0. The van der Waals surface area contributed by atoms with Crippen LogP contribution in [-0.4, -0.2) is 37.0 Å². The first-order valence-corrected chi connectivity index (χ1v) is 8.68. The first-order valence-electron chi connectivity index (χ1n) is 8.31. The molecule has 0 radical (unpaired) electrons. The number of nitrogens with zero attached hydrogens (tertiary/aromatic N) is 1. The Balaban J connectivity index is 1.49. The molecular weight excluding hydrogens is 320 g/mol. The molecule has 1 aliphatic rings. The molecule has 0 saturated carbocycles. The Bertz CT molecular complexity index is 689. The third kappa shape index (κ3) is 4.70. The number of carbonyl (C=O) groups is 1. The minimum atomic E-state index is 0.0868. The predicted octanol–water partition coefficient (Wildman–Crippen LogP) is 2.28. The molecule has 0 aliphatic carbocycles. The summed E-state index contributed by atoms with van der Waals surface area (Å²) in [7, 11) is 0. The maximum Gasteiger partial charge on any atom is 0.246 e. The Morgan fingerprint density at radius 3 is 2.38 bits per heavy atom. The highest BCUT2D eigenvalue weighted by molar-refractivity contribution is 6.30. The van der Waals surface area contributed by atoms with Crippen LogP contribution in [0.5, 0.6) is 0 Å². The fourth-order valence-corrected chi connectivity index (χ4v) is 3.08. The molecule has 1 heterocycles. The zero-order chi connectivity index (χ0) is 16.8. The smallest absolute Gasteiger partial charge is 0.246 e. The number of hydrogen-bond donors (Lipinski definition) is 1. The van der Waals surface area contributed by atoms with Gasteiger partial charge in [-0.1, -0.05) is 54.1 Å². The van der Waals surface area contributed by atoms with E-state index in [2.05, 4.69) is 24.3 Å². The van der Waals surface area contributed by atoms with Crippen LogP contribution in [0.1, 0.15) is 11.1 Å². The topological polar surface area (TPSA) is 24.8 Å². The molecule has 1 aliphatic heterocycles. The van der Waals surface area contributed by atoms with Gasteiger partial charge in [-0.05, 0) is 23.8 Å². The average molecular weight is 342 g/mol. The van der Waals surface area contributed by atoms with E-state index in [1.807, 2.05) is 41.3 Å². The number of piperazine rings is 1. The van der Waals surface area contributed by atoms with Gasteiger partial charge in [0.2, 0.25) is 5.91 Å². The van der Waals surface area contributed by atoms with E-state index in [0.29, 0.717) is 5.02 Å². The summed E-state index contributed by atoms with van der Waals surface area (Å²) in [5.74, 6) is 0.0868. The molecule has 2 aromatic carbocycles. The fourth-order valence-electron chi connectivity index (χ4n) is 2.95. The summed E-state index contributed by atoms with van der Waals surface area (Å²) in [6.07, 6.45) is 3.51. The van der Waals surface area contributed by atoms with Crippen molar-refractivity contribution < 1.29 is 9.69 Å². The standard InChI is InChI=1S/C20H21ClN2O/c21-19-9-6-17(7-10-19)8-11-20(24)23-14-12-22(13-15-23)16-18-4-2-1-3-5-18/h1-11H,12-16H2/p+1/b11-8+. The molecule has 1 fully saturated rings. The summed E-state index contributed by atoms with van der Waals surface area (Å²) in [5.41, 5.74) is 2.34. The van der Waals surface area contributed by atoms with E-state index >= 15 is 0 Å². The van der Waals surface area contributed by atoms with Gasteiger partial charge in [0.25, 0.3) is 0 Å². The first kappa shape index (κ1) is 16.7. The molecule has 0 spiro atoms. The summed E-state index contributed by atoms with van der Waals surface area (Å²) < 4.78 is 0. The number of rotatable bonds is 4. The molecule has 0 unspecified atom stereocenters. The molecule has 1 amide bonds. The molecule has 3 nitrogen and oxygen atoms in total. The number of nitrogens with one attached hydrogen (secondary N) is 1. The lowest BCUT2D eigenvalue weighted by Gasteiger charge is -2.31. The molecular formula is C20H22ClN2O+. The van der Waals surface area contributed by atoms with Gasteiger partial charge in [0, 0.05) is 16.7 Å². The zero-order valence-corrected chi connectivity index (χ0v) is 14.4. The van der Waals surface area contributed by atoms with Crippen molar-refractivity contribution >= 4 is 23.6 Å². The van der Waals surface area contributed by atoms with Crippen LogP contribution in [0, 0.1) is 0 Å². The summed E-state index contributed by atoms with van der Waals surface area (Å²) >= 11 is 5.87. The molecule has 0 aromatic heterocycles. The second-order valence-electron chi connectivity index (χ2n) is 6.12. The van der Waals surface area contributed by atoms with Gasteiger partial charge in [0.05, 0.1) is 26.2 Å². The van der Waals surface area contributed by atoms with E-state index in [-0.39, 0.29) is 5.91 Å². The van der Waals surface area contributed by atoms with Crippen molar-refractivity contribution in [3.63, 3.8) is 0 Å². The Morgan fingerprint density at radius 1 is 1.04 bits per heavy atom. The molecule has 0 bridgehead atoms. The Labute approximate surface area is 148 Å². The Morgan fingerprint density at radius 2 is 1.71 bits per heavy atom. The molecule has 124 valence electrons. The van der Waals surface area contributed by atoms with E-state index < -0.39 is 0 Å². The van der Waals surface area contributed by atoms with Crippen LogP contribution in [0.25, 0.3) is 6.08 Å². The normalized spacial score (nSPS) is 15.8. The van der Waals surface area contributed by atoms with Crippen molar-refractivity contribution in [2.45, 2.75) is 6.54 Å². The summed E-state index contributed by atoms with van der Waals surface area (Å²) in [4.78, 5) is 15.8. The molecule has 0 atom stereocenters. The van der Waals surface area contributed by atoms with Gasteiger partial charge < -0.3 is 9.80 Å². The zero-order valence-electron chi connectivity index (χ0n) is 13.6. The highest BCUT2D eigenvalue weighted by Gasteiger charge is 2.22. The lowest BCUT2D eigenvalue weighted by molar-refractivity contribution is -0.917. The van der Waals surface area contributed by atoms with Crippen LogP contribution in [0.4, 0.5) is 0 Å². The number of quaternary nitrogens is 1. The second kappa shape index (κ2) is 8.13. The van der Waals surface area contributed by atoms with Gasteiger partial charge in [0.1, 0.15) is 6.54 Å². The van der Waals surface area contributed by atoms with Gasteiger partial charge in [-0.2, -0.15) is 0 Å². The number of hydrogen-bond acceptors (Lipinski definition) is 1. The lowest BCUT2D eigenvalue weighted by atomic mass is 10.2. The molecule has 1 saturated heterocycles. The van der Waals surface area contributed by atoms with Crippen LogP contribution < -0.4 is 4.90 Å². The largest absolute Gasteiger partial charge is 0.328 e. The Kier molecular flexibility index (Phi) is 5.68. The van der Waals surface area contributed by atoms with Crippen LogP contribution in [0.3, 0.4) is 0 Å². The summed E-state index contributed by atoms with van der Waals surface area (Å²) in [5, 5.41) is 0.705. The third-order valence-corrected chi connectivity index (χ3v) is 4.62. The summed E-state index contributed by atoms with van der Waals surface area (Å²) in [6.45, 7) is 4.65. The number of carbonyl (C=O) groups excluding carboxylic acids is 1. The van der Waals surface area contributed by atoms with Crippen molar-refractivity contribution in [2.75, 3.05) is 26.2 Å². The number of amides is 1. The van der Waals surface area contributed by atoms with Gasteiger partial charge in [-0.15, -0.1) is 0 Å². The van der Waals surface area contributed by atoms with Crippen LogP contribution in [0.15, 0.2) is 60.7 Å². The van der Waals surface area contributed by atoms with Gasteiger partial charge in [-0.3, -0.25) is 4.79 Å². The minimum absolute atomic E-state index is 0.0868. The second-order valence-corrected chi connectivity index (χ2v) is 6.56. The molecule has 4 heteroatoms. The number of halogens is 1. The van der Waals surface area contributed by atoms with E-state index in [9.17, 15) is 4.79 Å². The Hall–Kier alpha value is -2.10. The molecule has 3 rings (SSSR count). The van der Waals surface area contributed by atoms with Crippen molar-refractivity contribution in [3.8, 4) is 0 Å². The fraction of sp³-hybridized carbons (Fsp3) is 0.250. The quantitative estimate of drug-likeness (QED) is 0.848. The average Bonchev–Trinajstić information content (AvgIpc) is 2.62. The monoisotopic (exact) mass is 341 g/mol. The van der Waals surface area contributed by atoms with Crippen LogP contribution in [0.2, 0.25) is 5.02 Å². The maximum absolute atomic E-state index is 12.3. The highest BCUT2D eigenvalue weighted by atomic mass is 35.5. The van der Waals surface area contributed by atoms with Crippen LogP contribution in [-0.2, 0) is 11.3 Å². The van der Waals surface area contributed by atoms with E-state index in [1.165, 1.54) is 10.5 Å². The maximum atomic E-state index is 12.3. The van der Waals surface area contributed by atoms with Crippen molar-refractivity contribution in [3.05, 3.63) is 76.8 Å². The molecule has 2 aromatic rings. The van der Waals surface area contributed by atoms with Gasteiger partial charge in [-0.25, -0.2) is 0 Å². The SMILES string of the molecule is O=C(/C=C/c1ccc(Cl)cc1)N1CC[NH+](Cc2ccccc2)CC1. The highest BCUT2D eigenvalue weighted by Crippen LogP contribution is 2.10. The number of benzene rings is 2. The van der Waals surface area contributed by atoms with Crippen molar-refractivity contribution in [1.82, 2.24) is 4.90 Å². The van der Waals surface area contributed by atoms with Crippen molar-refractivity contribution in [2.24, 2.45) is 0 Å². The first-order chi connectivity index (χ1) is 11.7. The van der Waals surface area contributed by atoms with Gasteiger partial charge >= 0.3 is 0 Å². The van der Waals surface area contributed by atoms with E-state index in [1.54, 1.807) is 6.08 Å². The van der Waals surface area contributed by atoms with Crippen LogP contribution >= 0.6 is 11.6 Å². The molecule has 1 N–H and O–H groups in total. The van der Waals surface area contributed by atoms with Gasteiger partial charge in [0.15, 0.2) is 0 Å². The minimum Gasteiger partial charge on any atom is -0.328 e.